The third-order valence-electron chi connectivity index (χ3n) is 2.91. The summed E-state index contributed by atoms with van der Waals surface area (Å²) in [6.45, 7) is 2.48. The zero-order chi connectivity index (χ0) is 12.8. The number of aliphatic hydroxyl groups is 1. The molecule has 1 atom stereocenters. The van der Waals surface area contributed by atoms with Crippen molar-refractivity contribution < 1.29 is 5.11 Å². The van der Waals surface area contributed by atoms with E-state index in [4.69, 9.17) is 0 Å². The van der Waals surface area contributed by atoms with E-state index >= 15 is 0 Å². The maximum Gasteiger partial charge on any atom is 0.117 e. The average Bonchev–Trinajstić information content (AvgIpc) is 2.38. The van der Waals surface area contributed by atoms with Gasteiger partial charge in [0, 0.05) is 13.0 Å². The molecule has 0 spiro atoms. The first-order valence-electron chi connectivity index (χ1n) is 6.21. The summed E-state index contributed by atoms with van der Waals surface area (Å²) >= 11 is 0. The van der Waals surface area contributed by atoms with Crippen LogP contribution in [0.25, 0.3) is 0 Å². The highest BCUT2D eigenvalue weighted by molar-refractivity contribution is 5.17. The van der Waals surface area contributed by atoms with E-state index in [2.05, 4.69) is 5.32 Å². The van der Waals surface area contributed by atoms with E-state index in [1.807, 2.05) is 67.6 Å². The molecule has 0 unspecified atom stereocenters. The van der Waals surface area contributed by atoms with Gasteiger partial charge in [0.15, 0.2) is 0 Å². The summed E-state index contributed by atoms with van der Waals surface area (Å²) in [7, 11) is 0. The molecule has 2 heteroatoms. The molecule has 0 aliphatic carbocycles. The van der Waals surface area contributed by atoms with Gasteiger partial charge in [0.1, 0.15) is 5.72 Å². The van der Waals surface area contributed by atoms with Crippen LogP contribution < -0.4 is 5.32 Å². The molecule has 94 valence electrons. The Morgan fingerprint density at radius 3 is 1.94 bits per heavy atom. The highest BCUT2D eigenvalue weighted by Gasteiger charge is 2.19. The summed E-state index contributed by atoms with van der Waals surface area (Å²) in [5.74, 6) is 0. The van der Waals surface area contributed by atoms with Crippen molar-refractivity contribution in [2.24, 2.45) is 0 Å². The highest BCUT2D eigenvalue weighted by Crippen LogP contribution is 2.11. The van der Waals surface area contributed by atoms with Gasteiger partial charge in [-0.1, -0.05) is 60.7 Å². The first kappa shape index (κ1) is 12.8. The van der Waals surface area contributed by atoms with Crippen molar-refractivity contribution in [3.05, 3.63) is 71.8 Å². The Hall–Kier alpha value is -1.64. The second-order valence-corrected chi connectivity index (χ2v) is 4.78. The van der Waals surface area contributed by atoms with Crippen LogP contribution in [0.2, 0.25) is 0 Å². The summed E-state index contributed by atoms with van der Waals surface area (Å²) in [5.41, 5.74) is 1.41. The lowest BCUT2D eigenvalue weighted by Gasteiger charge is -2.25. The maximum atomic E-state index is 10.3. The van der Waals surface area contributed by atoms with Crippen LogP contribution in [0.5, 0.6) is 0 Å². The fraction of sp³-hybridized carbons (Fsp3) is 0.250. The molecule has 18 heavy (non-hydrogen) atoms. The van der Waals surface area contributed by atoms with Crippen LogP contribution in [-0.4, -0.2) is 10.8 Å². The van der Waals surface area contributed by atoms with E-state index < -0.39 is 5.72 Å². The number of hydrogen-bond acceptors (Lipinski definition) is 2. The molecule has 0 saturated carbocycles. The van der Waals surface area contributed by atoms with Gasteiger partial charge in [-0.2, -0.15) is 0 Å². The number of rotatable bonds is 5. The molecule has 0 fully saturated rings. The van der Waals surface area contributed by atoms with Gasteiger partial charge >= 0.3 is 0 Å². The predicted octanol–water partition coefficient (Wildman–Crippen LogP) is 2.73. The lowest BCUT2D eigenvalue weighted by molar-refractivity contribution is 0.0225. The van der Waals surface area contributed by atoms with Crippen molar-refractivity contribution in [2.45, 2.75) is 25.6 Å². The van der Waals surface area contributed by atoms with E-state index in [0.29, 0.717) is 13.0 Å². The Bertz CT molecular complexity index is 465. The zero-order valence-electron chi connectivity index (χ0n) is 10.6. The van der Waals surface area contributed by atoms with Gasteiger partial charge in [0.05, 0.1) is 0 Å². The topological polar surface area (TPSA) is 32.3 Å². The third kappa shape index (κ3) is 3.99. The summed E-state index contributed by atoms with van der Waals surface area (Å²) < 4.78 is 0. The molecule has 2 rings (SSSR count). The maximum absolute atomic E-state index is 10.3. The first-order chi connectivity index (χ1) is 8.66. The van der Waals surface area contributed by atoms with Crippen molar-refractivity contribution in [1.82, 2.24) is 5.32 Å². The number of nitrogens with one attached hydrogen (secondary N) is 1. The molecule has 2 aromatic rings. The lowest BCUT2D eigenvalue weighted by atomic mass is 10.0. The van der Waals surface area contributed by atoms with Crippen molar-refractivity contribution in [3.8, 4) is 0 Å². The molecular formula is C16H19NO. The van der Waals surface area contributed by atoms with Crippen LogP contribution in [0.15, 0.2) is 60.7 Å². The Morgan fingerprint density at radius 1 is 0.889 bits per heavy atom. The van der Waals surface area contributed by atoms with Crippen molar-refractivity contribution in [3.63, 3.8) is 0 Å². The van der Waals surface area contributed by atoms with Crippen molar-refractivity contribution in [2.75, 3.05) is 0 Å². The molecule has 0 amide bonds. The van der Waals surface area contributed by atoms with Gasteiger partial charge < -0.3 is 5.11 Å². The molecule has 0 radical (unpaired) electrons. The SMILES string of the molecule is C[C@](O)(Cc1ccccc1)NCc1ccccc1. The molecule has 2 aromatic carbocycles. The van der Waals surface area contributed by atoms with Crippen LogP contribution in [-0.2, 0) is 13.0 Å². The lowest BCUT2D eigenvalue weighted by Crippen LogP contribution is -2.43. The minimum absolute atomic E-state index is 0.598. The molecule has 0 aliphatic rings. The molecular weight excluding hydrogens is 222 g/mol. The van der Waals surface area contributed by atoms with E-state index in [1.54, 1.807) is 0 Å². The molecule has 2 nitrogen and oxygen atoms in total. The monoisotopic (exact) mass is 241 g/mol. The van der Waals surface area contributed by atoms with Crippen molar-refractivity contribution in [1.29, 1.82) is 0 Å². The molecule has 0 bridgehead atoms. The van der Waals surface area contributed by atoms with Gasteiger partial charge in [-0.3, -0.25) is 5.32 Å². The van der Waals surface area contributed by atoms with Crippen LogP contribution >= 0.6 is 0 Å². The summed E-state index contributed by atoms with van der Waals surface area (Å²) in [4.78, 5) is 0. The summed E-state index contributed by atoms with van der Waals surface area (Å²) in [5, 5.41) is 13.5. The standard InChI is InChI=1S/C16H19NO/c1-16(18,12-14-8-4-2-5-9-14)17-13-15-10-6-3-7-11-15/h2-11,17-18H,12-13H2,1H3/t16-/m0/s1. The number of benzene rings is 2. The predicted molar refractivity (Wildman–Crippen MR) is 74.1 cm³/mol. The van der Waals surface area contributed by atoms with Crippen LogP contribution in [0.4, 0.5) is 0 Å². The van der Waals surface area contributed by atoms with E-state index in [1.165, 1.54) is 5.56 Å². The Balaban J connectivity index is 1.91. The Morgan fingerprint density at radius 2 is 1.39 bits per heavy atom. The van der Waals surface area contributed by atoms with E-state index in [-0.39, 0.29) is 0 Å². The minimum atomic E-state index is -0.892. The molecule has 0 aromatic heterocycles. The molecule has 2 N–H and O–H groups in total. The van der Waals surface area contributed by atoms with Gasteiger partial charge in [0.2, 0.25) is 0 Å². The second-order valence-electron chi connectivity index (χ2n) is 4.78. The summed E-state index contributed by atoms with van der Waals surface area (Å²) in [6, 6.07) is 20.1. The van der Waals surface area contributed by atoms with Crippen LogP contribution in [0, 0.1) is 0 Å². The van der Waals surface area contributed by atoms with Crippen LogP contribution in [0.3, 0.4) is 0 Å². The Labute approximate surface area is 108 Å². The fourth-order valence-electron chi connectivity index (χ4n) is 1.94. The quantitative estimate of drug-likeness (QED) is 0.789. The second kappa shape index (κ2) is 5.80. The molecule has 0 aliphatic heterocycles. The highest BCUT2D eigenvalue weighted by atomic mass is 16.3. The largest absolute Gasteiger partial charge is 0.376 e. The minimum Gasteiger partial charge on any atom is -0.376 e. The smallest absolute Gasteiger partial charge is 0.117 e. The molecule has 0 saturated heterocycles. The van der Waals surface area contributed by atoms with Gasteiger partial charge in [0.25, 0.3) is 0 Å². The van der Waals surface area contributed by atoms with E-state index in [9.17, 15) is 5.11 Å². The van der Waals surface area contributed by atoms with Gasteiger partial charge in [-0.25, -0.2) is 0 Å². The van der Waals surface area contributed by atoms with Gasteiger partial charge in [-0.15, -0.1) is 0 Å². The zero-order valence-corrected chi connectivity index (χ0v) is 10.6. The molecule has 0 heterocycles. The van der Waals surface area contributed by atoms with E-state index in [0.717, 1.165) is 5.56 Å². The average molecular weight is 241 g/mol. The van der Waals surface area contributed by atoms with Crippen molar-refractivity contribution >= 4 is 0 Å². The third-order valence-corrected chi connectivity index (χ3v) is 2.91. The number of hydrogen-bond donors (Lipinski definition) is 2. The van der Waals surface area contributed by atoms with Crippen LogP contribution in [0.1, 0.15) is 18.1 Å². The first-order valence-corrected chi connectivity index (χ1v) is 6.21. The summed E-state index contributed by atoms with van der Waals surface area (Å²) in [6.07, 6.45) is 0.598. The Kier molecular flexibility index (Phi) is 4.13. The fourth-order valence-corrected chi connectivity index (χ4v) is 1.94. The normalized spacial score (nSPS) is 14.1. The van der Waals surface area contributed by atoms with Gasteiger partial charge in [-0.05, 0) is 18.1 Å².